The predicted octanol–water partition coefficient (Wildman–Crippen LogP) is 4.96. The Balaban J connectivity index is 1.53. The highest BCUT2D eigenvalue weighted by molar-refractivity contribution is 9.09. The lowest BCUT2D eigenvalue weighted by molar-refractivity contribution is 0.134. The Bertz CT molecular complexity index is 623. The number of alkyl halides is 1. The SMILES string of the molecule is BrC(c1ccc2c(c1)COC2)C1CC1c1ccccc1. The lowest BCUT2D eigenvalue weighted by atomic mass is 10.0. The Labute approximate surface area is 128 Å². The summed E-state index contributed by atoms with van der Waals surface area (Å²) in [7, 11) is 0. The molecule has 0 N–H and O–H groups in total. The van der Waals surface area contributed by atoms with E-state index in [4.69, 9.17) is 4.74 Å². The van der Waals surface area contributed by atoms with Gasteiger partial charge < -0.3 is 4.74 Å². The molecule has 1 aliphatic heterocycles. The van der Waals surface area contributed by atoms with Crippen LogP contribution >= 0.6 is 15.9 Å². The van der Waals surface area contributed by atoms with Crippen LogP contribution in [-0.2, 0) is 18.0 Å². The van der Waals surface area contributed by atoms with Crippen molar-refractivity contribution in [3.63, 3.8) is 0 Å². The van der Waals surface area contributed by atoms with Crippen LogP contribution in [0, 0.1) is 5.92 Å². The molecule has 3 atom stereocenters. The topological polar surface area (TPSA) is 9.23 Å². The van der Waals surface area contributed by atoms with E-state index in [-0.39, 0.29) is 0 Å². The van der Waals surface area contributed by atoms with Crippen LogP contribution in [0.5, 0.6) is 0 Å². The van der Waals surface area contributed by atoms with Gasteiger partial charge in [0, 0.05) is 4.83 Å². The number of benzene rings is 2. The molecule has 0 bridgehead atoms. The van der Waals surface area contributed by atoms with Gasteiger partial charge in [-0.1, -0.05) is 64.5 Å². The van der Waals surface area contributed by atoms with Gasteiger partial charge in [0.15, 0.2) is 0 Å². The first kappa shape index (κ1) is 12.6. The Morgan fingerprint density at radius 1 is 1.00 bits per heavy atom. The molecule has 3 unspecified atom stereocenters. The maximum Gasteiger partial charge on any atom is 0.0725 e. The Morgan fingerprint density at radius 3 is 2.65 bits per heavy atom. The van der Waals surface area contributed by atoms with E-state index in [2.05, 4.69) is 64.5 Å². The van der Waals surface area contributed by atoms with Gasteiger partial charge in [-0.05, 0) is 40.5 Å². The van der Waals surface area contributed by atoms with Gasteiger partial charge in [0.05, 0.1) is 13.2 Å². The standard InChI is InChI=1S/C18H17BrO/c19-18(13-6-7-14-10-20-11-15(14)8-13)17-9-16(17)12-4-2-1-3-5-12/h1-8,16-18H,9-11H2. The number of hydrogen-bond acceptors (Lipinski definition) is 1. The first-order chi connectivity index (χ1) is 9.83. The van der Waals surface area contributed by atoms with Crippen molar-refractivity contribution < 1.29 is 4.74 Å². The minimum absolute atomic E-state index is 0.457. The molecule has 1 aliphatic carbocycles. The lowest BCUT2D eigenvalue weighted by Crippen LogP contribution is -1.96. The average molecular weight is 329 g/mol. The normalized spacial score (nSPS) is 25.2. The summed E-state index contributed by atoms with van der Waals surface area (Å²) < 4.78 is 5.50. The largest absolute Gasteiger partial charge is 0.372 e. The number of ether oxygens (including phenoxy) is 1. The van der Waals surface area contributed by atoms with Gasteiger partial charge >= 0.3 is 0 Å². The maximum atomic E-state index is 5.50. The van der Waals surface area contributed by atoms with Gasteiger partial charge in [-0.2, -0.15) is 0 Å². The van der Waals surface area contributed by atoms with Gasteiger partial charge in [0.1, 0.15) is 0 Å². The molecule has 4 rings (SSSR count). The van der Waals surface area contributed by atoms with Gasteiger partial charge in [-0.15, -0.1) is 0 Å². The van der Waals surface area contributed by atoms with Crippen LogP contribution in [0.3, 0.4) is 0 Å². The van der Waals surface area contributed by atoms with E-state index in [1.165, 1.54) is 28.7 Å². The zero-order valence-electron chi connectivity index (χ0n) is 11.3. The molecule has 1 saturated carbocycles. The summed E-state index contributed by atoms with van der Waals surface area (Å²) in [5.41, 5.74) is 5.59. The smallest absolute Gasteiger partial charge is 0.0725 e. The minimum atomic E-state index is 0.457. The van der Waals surface area contributed by atoms with Gasteiger partial charge in [0.2, 0.25) is 0 Å². The molecule has 2 heteroatoms. The van der Waals surface area contributed by atoms with E-state index < -0.39 is 0 Å². The second kappa shape index (κ2) is 5.01. The second-order valence-electron chi connectivity index (χ2n) is 5.84. The van der Waals surface area contributed by atoms with E-state index >= 15 is 0 Å². The summed E-state index contributed by atoms with van der Waals surface area (Å²) in [5, 5.41) is 0. The highest BCUT2D eigenvalue weighted by atomic mass is 79.9. The summed E-state index contributed by atoms with van der Waals surface area (Å²) >= 11 is 3.92. The third-order valence-electron chi connectivity index (χ3n) is 4.51. The van der Waals surface area contributed by atoms with Crippen LogP contribution in [0.4, 0.5) is 0 Å². The molecule has 0 spiro atoms. The molecular formula is C18H17BrO. The summed E-state index contributed by atoms with van der Waals surface area (Å²) in [5.74, 6) is 1.43. The Hall–Kier alpha value is -1.12. The fourth-order valence-electron chi connectivity index (χ4n) is 3.23. The zero-order chi connectivity index (χ0) is 13.5. The summed E-state index contributed by atoms with van der Waals surface area (Å²) in [6, 6.07) is 17.7. The molecule has 102 valence electrons. The first-order valence-electron chi connectivity index (χ1n) is 7.21. The number of rotatable bonds is 3. The first-order valence-corrected chi connectivity index (χ1v) is 8.13. The summed E-state index contributed by atoms with van der Waals surface area (Å²) in [6.45, 7) is 1.55. The minimum Gasteiger partial charge on any atom is -0.372 e. The van der Waals surface area contributed by atoms with Crippen LogP contribution in [0.15, 0.2) is 48.5 Å². The molecule has 0 saturated heterocycles. The van der Waals surface area contributed by atoms with Crippen LogP contribution < -0.4 is 0 Å². The molecule has 1 heterocycles. The monoisotopic (exact) mass is 328 g/mol. The third-order valence-corrected chi connectivity index (χ3v) is 5.72. The average Bonchev–Trinajstić information content (AvgIpc) is 3.17. The highest BCUT2D eigenvalue weighted by Gasteiger charge is 2.43. The fraction of sp³-hybridized carbons (Fsp3) is 0.333. The van der Waals surface area contributed by atoms with E-state index in [0.717, 1.165) is 19.1 Å². The molecule has 1 nitrogen and oxygen atoms in total. The van der Waals surface area contributed by atoms with Crippen LogP contribution in [-0.4, -0.2) is 0 Å². The van der Waals surface area contributed by atoms with E-state index in [9.17, 15) is 0 Å². The molecule has 20 heavy (non-hydrogen) atoms. The molecule has 2 aromatic rings. The third kappa shape index (κ3) is 2.21. The van der Waals surface area contributed by atoms with Crippen molar-refractivity contribution in [2.45, 2.75) is 30.4 Å². The summed E-state index contributed by atoms with van der Waals surface area (Å²) in [6.07, 6.45) is 1.29. The fourth-order valence-corrected chi connectivity index (χ4v) is 4.10. The summed E-state index contributed by atoms with van der Waals surface area (Å²) in [4.78, 5) is 0.457. The van der Waals surface area contributed by atoms with Crippen molar-refractivity contribution in [2.75, 3.05) is 0 Å². The maximum absolute atomic E-state index is 5.50. The zero-order valence-corrected chi connectivity index (χ0v) is 12.8. The molecule has 2 aliphatic rings. The van der Waals surface area contributed by atoms with Crippen molar-refractivity contribution in [1.29, 1.82) is 0 Å². The lowest BCUT2D eigenvalue weighted by Gasteiger charge is -2.11. The van der Waals surface area contributed by atoms with Gasteiger partial charge in [-0.25, -0.2) is 0 Å². The predicted molar refractivity (Wildman–Crippen MR) is 83.9 cm³/mol. The van der Waals surface area contributed by atoms with Crippen LogP contribution in [0.2, 0.25) is 0 Å². The van der Waals surface area contributed by atoms with E-state index in [1.54, 1.807) is 0 Å². The number of hydrogen-bond donors (Lipinski definition) is 0. The Morgan fingerprint density at radius 2 is 1.80 bits per heavy atom. The Kier molecular flexibility index (Phi) is 3.16. The van der Waals surface area contributed by atoms with Crippen molar-refractivity contribution in [2.24, 2.45) is 5.92 Å². The number of fused-ring (bicyclic) bond motifs is 1. The molecule has 2 aromatic carbocycles. The highest BCUT2D eigenvalue weighted by Crippen LogP contribution is 2.57. The van der Waals surface area contributed by atoms with E-state index in [1.807, 2.05) is 0 Å². The number of halogens is 1. The van der Waals surface area contributed by atoms with Crippen molar-refractivity contribution in [3.05, 3.63) is 70.8 Å². The second-order valence-corrected chi connectivity index (χ2v) is 6.83. The van der Waals surface area contributed by atoms with Gasteiger partial charge in [0.25, 0.3) is 0 Å². The van der Waals surface area contributed by atoms with Crippen LogP contribution in [0.25, 0.3) is 0 Å². The van der Waals surface area contributed by atoms with Gasteiger partial charge in [-0.3, -0.25) is 0 Å². The molecule has 0 amide bonds. The van der Waals surface area contributed by atoms with E-state index in [0.29, 0.717) is 10.7 Å². The molecular weight excluding hydrogens is 312 g/mol. The van der Waals surface area contributed by atoms with Crippen molar-refractivity contribution >= 4 is 15.9 Å². The van der Waals surface area contributed by atoms with Crippen molar-refractivity contribution in [1.82, 2.24) is 0 Å². The van der Waals surface area contributed by atoms with Crippen LogP contribution in [0.1, 0.15) is 39.4 Å². The molecule has 0 radical (unpaired) electrons. The van der Waals surface area contributed by atoms with Crippen molar-refractivity contribution in [3.8, 4) is 0 Å². The molecule has 1 fully saturated rings. The quantitative estimate of drug-likeness (QED) is 0.724. The molecule has 0 aromatic heterocycles.